The third kappa shape index (κ3) is 3.61. The van der Waals surface area contributed by atoms with E-state index in [1.807, 2.05) is 13.8 Å². The summed E-state index contributed by atoms with van der Waals surface area (Å²) in [6.07, 6.45) is 0.246. The van der Waals surface area contributed by atoms with E-state index >= 15 is 0 Å². The fourth-order valence-electron chi connectivity index (χ4n) is 1.22. The molecule has 0 unspecified atom stereocenters. The van der Waals surface area contributed by atoms with Gasteiger partial charge in [-0.25, -0.2) is 8.78 Å². The normalized spacial score (nSPS) is 10.6. The first-order chi connectivity index (χ1) is 7.50. The van der Waals surface area contributed by atoms with Gasteiger partial charge in [0.15, 0.2) is 0 Å². The predicted molar refractivity (Wildman–Crippen MR) is 55.6 cm³/mol. The molecule has 0 aliphatic rings. The first-order valence-electron chi connectivity index (χ1n) is 5.09. The molecule has 0 saturated heterocycles. The highest BCUT2D eigenvalue weighted by molar-refractivity contribution is 5.69. The molecule has 1 rings (SSSR count). The van der Waals surface area contributed by atoms with Crippen molar-refractivity contribution in [1.29, 1.82) is 0 Å². The molecular formula is C12H14F2O2. The molecule has 4 heteroatoms. The van der Waals surface area contributed by atoms with Gasteiger partial charge in [0.25, 0.3) is 0 Å². The lowest BCUT2D eigenvalue weighted by atomic mass is 10.1. The van der Waals surface area contributed by atoms with Gasteiger partial charge in [0.1, 0.15) is 18.2 Å². The molecule has 0 amide bonds. The van der Waals surface area contributed by atoms with Crippen LogP contribution in [0, 0.1) is 17.6 Å². The van der Waals surface area contributed by atoms with Gasteiger partial charge in [0, 0.05) is 6.42 Å². The van der Waals surface area contributed by atoms with Gasteiger partial charge in [-0.3, -0.25) is 4.79 Å². The summed E-state index contributed by atoms with van der Waals surface area (Å²) >= 11 is 0. The van der Waals surface area contributed by atoms with Gasteiger partial charge >= 0.3 is 5.97 Å². The van der Waals surface area contributed by atoms with Crippen molar-refractivity contribution >= 4 is 5.97 Å². The quantitative estimate of drug-likeness (QED) is 0.740. The molecule has 16 heavy (non-hydrogen) atoms. The predicted octanol–water partition coefficient (Wildman–Crippen LogP) is 3.05. The number of hydrogen-bond donors (Lipinski definition) is 0. The maximum atomic E-state index is 13.1. The highest BCUT2D eigenvalue weighted by Gasteiger charge is 2.12. The van der Waals surface area contributed by atoms with Crippen molar-refractivity contribution < 1.29 is 18.3 Å². The van der Waals surface area contributed by atoms with E-state index in [1.165, 1.54) is 6.07 Å². The van der Waals surface area contributed by atoms with Gasteiger partial charge in [-0.2, -0.15) is 0 Å². The standard InChI is InChI=1S/C12H14F2O2/c1-8(2)6-12(15)16-7-9-10(13)4-3-5-11(9)14/h3-5,8H,6-7H2,1-2H3. The Hall–Kier alpha value is -1.45. The molecular weight excluding hydrogens is 214 g/mol. The molecule has 0 aliphatic heterocycles. The van der Waals surface area contributed by atoms with Crippen LogP contribution in [0.3, 0.4) is 0 Å². The van der Waals surface area contributed by atoms with Gasteiger partial charge in [0.05, 0.1) is 5.56 Å². The number of rotatable bonds is 4. The van der Waals surface area contributed by atoms with Crippen molar-refractivity contribution in [1.82, 2.24) is 0 Å². The van der Waals surface area contributed by atoms with E-state index in [0.717, 1.165) is 12.1 Å². The summed E-state index contributed by atoms with van der Waals surface area (Å²) in [7, 11) is 0. The fraction of sp³-hybridized carbons (Fsp3) is 0.417. The Bertz CT molecular complexity index is 355. The maximum absolute atomic E-state index is 13.1. The van der Waals surface area contributed by atoms with Crippen molar-refractivity contribution in [2.75, 3.05) is 0 Å². The zero-order chi connectivity index (χ0) is 12.1. The van der Waals surface area contributed by atoms with E-state index in [-0.39, 0.29) is 24.5 Å². The van der Waals surface area contributed by atoms with Gasteiger partial charge in [0.2, 0.25) is 0 Å². The Balaban J connectivity index is 2.58. The highest BCUT2D eigenvalue weighted by Crippen LogP contribution is 2.13. The molecule has 88 valence electrons. The summed E-state index contributed by atoms with van der Waals surface area (Å²) in [5.41, 5.74) is -0.209. The van der Waals surface area contributed by atoms with E-state index in [9.17, 15) is 13.6 Å². The molecule has 0 aliphatic carbocycles. The number of carbonyl (C=O) groups is 1. The summed E-state index contributed by atoms with van der Waals surface area (Å²) < 4.78 is 31.0. The van der Waals surface area contributed by atoms with Crippen LogP contribution in [-0.4, -0.2) is 5.97 Å². The molecule has 1 aromatic carbocycles. The second-order valence-electron chi connectivity index (χ2n) is 3.96. The lowest BCUT2D eigenvalue weighted by Crippen LogP contribution is -2.09. The average Bonchev–Trinajstić information content (AvgIpc) is 2.15. The maximum Gasteiger partial charge on any atom is 0.306 e. The molecule has 0 radical (unpaired) electrons. The van der Waals surface area contributed by atoms with Crippen molar-refractivity contribution in [3.05, 3.63) is 35.4 Å². The molecule has 0 atom stereocenters. The number of carbonyl (C=O) groups excluding carboxylic acids is 1. The second-order valence-corrected chi connectivity index (χ2v) is 3.96. The monoisotopic (exact) mass is 228 g/mol. The van der Waals surface area contributed by atoms with E-state index in [2.05, 4.69) is 0 Å². The first kappa shape index (κ1) is 12.6. The fourth-order valence-corrected chi connectivity index (χ4v) is 1.22. The molecule has 0 bridgehead atoms. The topological polar surface area (TPSA) is 26.3 Å². The summed E-state index contributed by atoms with van der Waals surface area (Å²) in [4.78, 5) is 11.2. The van der Waals surface area contributed by atoms with Crippen LogP contribution in [0.25, 0.3) is 0 Å². The highest BCUT2D eigenvalue weighted by atomic mass is 19.1. The van der Waals surface area contributed by atoms with Crippen LogP contribution in [-0.2, 0) is 16.1 Å². The summed E-state index contributed by atoms with van der Waals surface area (Å²) in [6.45, 7) is 3.37. The SMILES string of the molecule is CC(C)CC(=O)OCc1c(F)cccc1F. The minimum atomic E-state index is -0.697. The Morgan fingerprint density at radius 2 is 1.88 bits per heavy atom. The Morgan fingerprint density at radius 3 is 2.38 bits per heavy atom. The minimum Gasteiger partial charge on any atom is -0.461 e. The number of esters is 1. The molecule has 0 aromatic heterocycles. The average molecular weight is 228 g/mol. The molecule has 0 spiro atoms. The molecule has 0 N–H and O–H groups in total. The van der Waals surface area contributed by atoms with Crippen molar-refractivity contribution in [2.24, 2.45) is 5.92 Å². The van der Waals surface area contributed by atoms with Crippen molar-refractivity contribution in [3.8, 4) is 0 Å². The molecule has 0 saturated carbocycles. The minimum absolute atomic E-state index is 0.165. The van der Waals surface area contributed by atoms with Crippen molar-refractivity contribution in [3.63, 3.8) is 0 Å². The second kappa shape index (κ2) is 5.58. The zero-order valence-corrected chi connectivity index (χ0v) is 9.30. The molecule has 0 fully saturated rings. The Morgan fingerprint density at radius 1 is 1.31 bits per heavy atom. The van der Waals surface area contributed by atoms with Crippen LogP contribution in [0.4, 0.5) is 8.78 Å². The largest absolute Gasteiger partial charge is 0.461 e. The van der Waals surface area contributed by atoms with Gasteiger partial charge in [-0.15, -0.1) is 0 Å². The number of benzene rings is 1. The van der Waals surface area contributed by atoms with Crippen molar-refractivity contribution in [2.45, 2.75) is 26.9 Å². The summed E-state index contributed by atoms with van der Waals surface area (Å²) in [6, 6.07) is 3.54. The third-order valence-electron chi connectivity index (χ3n) is 2.01. The van der Waals surface area contributed by atoms with Gasteiger partial charge in [-0.1, -0.05) is 19.9 Å². The molecule has 1 aromatic rings. The van der Waals surface area contributed by atoms with Crippen LogP contribution in [0.1, 0.15) is 25.8 Å². The van der Waals surface area contributed by atoms with Gasteiger partial charge < -0.3 is 4.74 Å². The lowest BCUT2D eigenvalue weighted by Gasteiger charge is -2.08. The first-order valence-corrected chi connectivity index (χ1v) is 5.09. The van der Waals surface area contributed by atoms with E-state index in [4.69, 9.17) is 4.74 Å². The van der Waals surface area contributed by atoms with E-state index in [0.29, 0.717) is 0 Å². The summed E-state index contributed by atoms with van der Waals surface area (Å²) in [5, 5.41) is 0. The Kier molecular flexibility index (Phi) is 4.40. The number of hydrogen-bond acceptors (Lipinski definition) is 2. The van der Waals surface area contributed by atoms with Crippen LogP contribution < -0.4 is 0 Å². The summed E-state index contributed by atoms with van der Waals surface area (Å²) in [5.74, 6) is -1.68. The van der Waals surface area contributed by atoms with Crippen LogP contribution in [0.2, 0.25) is 0 Å². The lowest BCUT2D eigenvalue weighted by molar-refractivity contribution is -0.145. The smallest absolute Gasteiger partial charge is 0.306 e. The number of halogens is 2. The molecule has 0 heterocycles. The van der Waals surface area contributed by atoms with Crippen LogP contribution in [0.15, 0.2) is 18.2 Å². The third-order valence-corrected chi connectivity index (χ3v) is 2.01. The zero-order valence-electron chi connectivity index (χ0n) is 9.30. The molecule has 2 nitrogen and oxygen atoms in total. The van der Waals surface area contributed by atoms with Gasteiger partial charge in [-0.05, 0) is 18.1 Å². The van der Waals surface area contributed by atoms with E-state index < -0.39 is 17.6 Å². The van der Waals surface area contributed by atoms with E-state index in [1.54, 1.807) is 0 Å². The number of ether oxygens (including phenoxy) is 1. The van der Waals surface area contributed by atoms with Crippen LogP contribution >= 0.6 is 0 Å². The Labute approximate surface area is 93.2 Å². The van der Waals surface area contributed by atoms with Crippen LogP contribution in [0.5, 0.6) is 0 Å².